The van der Waals surface area contributed by atoms with E-state index in [2.05, 4.69) is 52.8 Å². The van der Waals surface area contributed by atoms with Crippen LogP contribution in [0.3, 0.4) is 0 Å². The monoisotopic (exact) mass is 358 g/mol. The highest BCUT2D eigenvalue weighted by Crippen LogP contribution is 2.23. The number of unbranched alkanes of at least 4 members (excludes halogenated alkanes) is 7. The summed E-state index contributed by atoms with van der Waals surface area (Å²) in [6.07, 6.45) is 18.8. The van der Waals surface area contributed by atoms with E-state index in [9.17, 15) is 0 Å². The SMILES string of the molecule is CCCCCCc1cc(CCCCCC)cc(CCCCC(C)(C)C)c1. The van der Waals surface area contributed by atoms with E-state index in [1.54, 1.807) is 16.7 Å². The molecule has 1 aromatic carbocycles. The second kappa shape index (κ2) is 13.4. The lowest BCUT2D eigenvalue weighted by atomic mass is 9.88. The van der Waals surface area contributed by atoms with Crippen LogP contribution in [0.25, 0.3) is 0 Å². The fraction of sp³-hybridized carbons (Fsp3) is 0.769. The molecular weight excluding hydrogens is 312 g/mol. The molecule has 0 aromatic heterocycles. The van der Waals surface area contributed by atoms with Gasteiger partial charge in [0, 0.05) is 0 Å². The van der Waals surface area contributed by atoms with Gasteiger partial charge >= 0.3 is 0 Å². The predicted octanol–water partition coefficient (Wildman–Crippen LogP) is 8.69. The van der Waals surface area contributed by atoms with Crippen LogP contribution in [-0.2, 0) is 19.3 Å². The molecule has 0 amide bonds. The highest BCUT2D eigenvalue weighted by molar-refractivity contribution is 5.30. The smallest absolute Gasteiger partial charge is 0.0279 e. The van der Waals surface area contributed by atoms with Gasteiger partial charge < -0.3 is 0 Å². The second-order valence-corrected chi connectivity index (χ2v) is 9.55. The van der Waals surface area contributed by atoms with Gasteiger partial charge in [-0.05, 0) is 67.1 Å². The maximum Gasteiger partial charge on any atom is -0.0279 e. The quantitative estimate of drug-likeness (QED) is 0.292. The van der Waals surface area contributed by atoms with E-state index in [0.717, 1.165) is 0 Å². The molecule has 0 aliphatic rings. The first-order valence-corrected chi connectivity index (χ1v) is 11.6. The lowest BCUT2D eigenvalue weighted by Gasteiger charge is -2.17. The van der Waals surface area contributed by atoms with Gasteiger partial charge in [-0.2, -0.15) is 0 Å². The van der Waals surface area contributed by atoms with Gasteiger partial charge in [0.25, 0.3) is 0 Å². The van der Waals surface area contributed by atoms with Crippen molar-refractivity contribution in [1.82, 2.24) is 0 Å². The molecule has 0 heterocycles. The third kappa shape index (κ3) is 11.8. The summed E-state index contributed by atoms with van der Waals surface area (Å²) >= 11 is 0. The number of hydrogen-bond acceptors (Lipinski definition) is 0. The molecule has 0 saturated carbocycles. The lowest BCUT2D eigenvalue weighted by molar-refractivity contribution is 0.360. The van der Waals surface area contributed by atoms with Crippen molar-refractivity contribution in [1.29, 1.82) is 0 Å². The second-order valence-electron chi connectivity index (χ2n) is 9.55. The molecule has 26 heavy (non-hydrogen) atoms. The van der Waals surface area contributed by atoms with Gasteiger partial charge in [-0.25, -0.2) is 0 Å². The Kier molecular flexibility index (Phi) is 12.0. The number of hydrogen-bond donors (Lipinski definition) is 0. The minimum Gasteiger partial charge on any atom is -0.0654 e. The number of rotatable bonds is 14. The Morgan fingerprint density at radius 1 is 0.538 bits per heavy atom. The first-order valence-electron chi connectivity index (χ1n) is 11.6. The van der Waals surface area contributed by atoms with Crippen LogP contribution in [0.1, 0.15) is 122 Å². The molecule has 0 nitrogen and oxygen atoms in total. The molecule has 0 N–H and O–H groups in total. The average molecular weight is 359 g/mol. The van der Waals surface area contributed by atoms with Crippen LogP contribution in [-0.4, -0.2) is 0 Å². The summed E-state index contributed by atoms with van der Waals surface area (Å²) in [6, 6.07) is 7.54. The van der Waals surface area contributed by atoms with E-state index in [1.165, 1.54) is 89.9 Å². The van der Waals surface area contributed by atoms with Gasteiger partial charge in [-0.15, -0.1) is 0 Å². The van der Waals surface area contributed by atoms with Crippen LogP contribution in [0.5, 0.6) is 0 Å². The van der Waals surface area contributed by atoms with Gasteiger partial charge in [0.05, 0.1) is 0 Å². The van der Waals surface area contributed by atoms with E-state index >= 15 is 0 Å². The summed E-state index contributed by atoms with van der Waals surface area (Å²) in [5.74, 6) is 0. The number of benzene rings is 1. The number of aryl methyl sites for hydroxylation is 3. The molecular formula is C26H46. The third-order valence-corrected chi connectivity index (χ3v) is 5.39. The van der Waals surface area contributed by atoms with E-state index in [-0.39, 0.29) is 0 Å². The summed E-state index contributed by atoms with van der Waals surface area (Å²) in [7, 11) is 0. The molecule has 0 bridgehead atoms. The largest absolute Gasteiger partial charge is 0.0654 e. The maximum absolute atomic E-state index is 2.51. The van der Waals surface area contributed by atoms with Crippen molar-refractivity contribution < 1.29 is 0 Å². The Balaban J connectivity index is 2.60. The van der Waals surface area contributed by atoms with Gasteiger partial charge in [-0.3, -0.25) is 0 Å². The summed E-state index contributed by atoms with van der Waals surface area (Å²) in [5.41, 5.74) is 5.27. The van der Waals surface area contributed by atoms with Crippen LogP contribution in [0.2, 0.25) is 0 Å². The van der Waals surface area contributed by atoms with E-state index in [0.29, 0.717) is 5.41 Å². The van der Waals surface area contributed by atoms with Crippen LogP contribution < -0.4 is 0 Å². The standard InChI is InChI=1S/C26H46/c1-6-8-10-12-16-23-20-24(17-13-11-9-7-2)22-25(21-23)18-14-15-19-26(3,4)5/h20-22H,6-19H2,1-5H3. The summed E-state index contributed by atoms with van der Waals surface area (Å²) in [6.45, 7) is 11.7. The zero-order valence-electron chi connectivity index (χ0n) is 18.6. The van der Waals surface area contributed by atoms with E-state index < -0.39 is 0 Å². The first-order chi connectivity index (χ1) is 12.4. The molecule has 0 atom stereocenters. The molecule has 0 saturated heterocycles. The molecule has 1 aromatic rings. The van der Waals surface area contributed by atoms with Crippen molar-refractivity contribution in [2.45, 2.75) is 125 Å². The predicted molar refractivity (Wildman–Crippen MR) is 119 cm³/mol. The minimum absolute atomic E-state index is 0.478. The Morgan fingerprint density at radius 2 is 0.923 bits per heavy atom. The van der Waals surface area contributed by atoms with Crippen LogP contribution >= 0.6 is 0 Å². The molecule has 0 heteroatoms. The van der Waals surface area contributed by atoms with Gasteiger partial charge in [0.15, 0.2) is 0 Å². The zero-order valence-corrected chi connectivity index (χ0v) is 18.6. The Morgan fingerprint density at radius 3 is 1.27 bits per heavy atom. The van der Waals surface area contributed by atoms with Crippen molar-refractivity contribution in [2.75, 3.05) is 0 Å². The van der Waals surface area contributed by atoms with Gasteiger partial charge in [0.1, 0.15) is 0 Å². The van der Waals surface area contributed by atoms with Gasteiger partial charge in [-0.1, -0.05) is 97.8 Å². The Labute approximate surface area is 165 Å². The van der Waals surface area contributed by atoms with Crippen molar-refractivity contribution in [3.8, 4) is 0 Å². The van der Waals surface area contributed by atoms with Crippen LogP contribution in [0.4, 0.5) is 0 Å². The van der Waals surface area contributed by atoms with Crippen molar-refractivity contribution in [2.24, 2.45) is 5.41 Å². The van der Waals surface area contributed by atoms with Crippen LogP contribution in [0, 0.1) is 5.41 Å². The topological polar surface area (TPSA) is 0 Å². The zero-order chi connectivity index (χ0) is 19.3. The average Bonchev–Trinajstić information content (AvgIpc) is 2.59. The third-order valence-electron chi connectivity index (χ3n) is 5.39. The highest BCUT2D eigenvalue weighted by Gasteiger charge is 2.09. The fourth-order valence-corrected chi connectivity index (χ4v) is 3.77. The first kappa shape index (κ1) is 23.3. The van der Waals surface area contributed by atoms with Crippen molar-refractivity contribution in [3.63, 3.8) is 0 Å². The molecule has 1 rings (SSSR count). The van der Waals surface area contributed by atoms with E-state index in [4.69, 9.17) is 0 Å². The molecule has 150 valence electrons. The summed E-state index contributed by atoms with van der Waals surface area (Å²) in [5, 5.41) is 0. The molecule has 0 radical (unpaired) electrons. The minimum atomic E-state index is 0.478. The lowest BCUT2D eigenvalue weighted by Crippen LogP contribution is -2.04. The van der Waals surface area contributed by atoms with Gasteiger partial charge in [0.2, 0.25) is 0 Å². The summed E-state index contributed by atoms with van der Waals surface area (Å²) < 4.78 is 0. The maximum atomic E-state index is 2.51. The molecule has 0 unspecified atom stereocenters. The molecule has 0 aliphatic heterocycles. The summed E-state index contributed by atoms with van der Waals surface area (Å²) in [4.78, 5) is 0. The van der Waals surface area contributed by atoms with Crippen LogP contribution in [0.15, 0.2) is 18.2 Å². The Hall–Kier alpha value is -0.780. The molecule has 0 aliphatic carbocycles. The fourth-order valence-electron chi connectivity index (χ4n) is 3.77. The van der Waals surface area contributed by atoms with Crippen molar-refractivity contribution >= 4 is 0 Å². The van der Waals surface area contributed by atoms with Crippen molar-refractivity contribution in [3.05, 3.63) is 34.9 Å². The highest BCUT2D eigenvalue weighted by atomic mass is 14.1. The molecule has 0 spiro atoms. The van der Waals surface area contributed by atoms with E-state index in [1.807, 2.05) is 0 Å². The molecule has 0 fully saturated rings. The Bertz CT molecular complexity index is 433. The normalized spacial score (nSPS) is 11.9.